The third-order valence-electron chi connectivity index (χ3n) is 3.35. The second kappa shape index (κ2) is 5.73. The van der Waals surface area contributed by atoms with E-state index in [1.165, 1.54) is 7.05 Å². The molecule has 0 aliphatic heterocycles. The van der Waals surface area contributed by atoms with Gasteiger partial charge in [0.15, 0.2) is 0 Å². The zero-order chi connectivity index (χ0) is 16.5. The minimum atomic E-state index is -3.27. The first-order valence-corrected chi connectivity index (χ1v) is 8.64. The second-order valence-electron chi connectivity index (χ2n) is 6.25. The van der Waals surface area contributed by atoms with Gasteiger partial charge in [0.05, 0.1) is 17.1 Å². The summed E-state index contributed by atoms with van der Waals surface area (Å²) in [6.45, 7) is 6.22. The molecular formula is C15H22N4O2S. The Bertz CT molecular complexity index is 756. The van der Waals surface area contributed by atoms with Crippen molar-refractivity contribution in [3.05, 3.63) is 41.6 Å². The number of anilines is 1. The largest absolute Gasteiger partial charge is 0.384 e. The minimum Gasteiger partial charge on any atom is -0.384 e. The molecule has 0 unspecified atom stereocenters. The zero-order valence-electron chi connectivity index (χ0n) is 13.3. The van der Waals surface area contributed by atoms with Gasteiger partial charge in [-0.2, -0.15) is 5.10 Å². The Kier molecular flexibility index (Phi) is 4.30. The van der Waals surface area contributed by atoms with Crippen LogP contribution in [-0.2, 0) is 21.2 Å². The standard InChI is InChI=1S/C15H22N4O2S/c1-15(2,3)13-9-14(16)19(18-13)12-7-5-11(6-8-12)10-22(20,21)17-4/h5-9,17H,10,16H2,1-4H3. The molecule has 3 N–H and O–H groups in total. The predicted octanol–water partition coefficient (Wildman–Crippen LogP) is 1.80. The van der Waals surface area contributed by atoms with E-state index in [1.807, 2.05) is 18.2 Å². The van der Waals surface area contributed by atoms with Gasteiger partial charge in [-0.05, 0) is 24.7 Å². The van der Waals surface area contributed by atoms with E-state index in [-0.39, 0.29) is 11.2 Å². The van der Waals surface area contributed by atoms with Crippen molar-refractivity contribution in [2.24, 2.45) is 0 Å². The van der Waals surface area contributed by atoms with Crippen LogP contribution in [0.3, 0.4) is 0 Å². The molecule has 1 aromatic carbocycles. The maximum atomic E-state index is 11.5. The van der Waals surface area contributed by atoms with Crippen LogP contribution >= 0.6 is 0 Å². The lowest BCUT2D eigenvalue weighted by Gasteiger charge is -2.14. The fourth-order valence-electron chi connectivity index (χ4n) is 1.99. The van der Waals surface area contributed by atoms with Crippen molar-refractivity contribution in [2.45, 2.75) is 31.9 Å². The van der Waals surface area contributed by atoms with E-state index in [2.05, 4.69) is 30.6 Å². The Balaban J connectivity index is 2.30. The molecule has 0 saturated heterocycles. The predicted molar refractivity (Wildman–Crippen MR) is 88.4 cm³/mol. The first-order chi connectivity index (χ1) is 10.1. The summed E-state index contributed by atoms with van der Waals surface area (Å²) in [5.41, 5.74) is 8.36. The van der Waals surface area contributed by atoms with E-state index in [0.717, 1.165) is 11.4 Å². The molecule has 0 bridgehead atoms. The molecule has 0 amide bonds. The van der Waals surface area contributed by atoms with E-state index in [4.69, 9.17) is 5.73 Å². The van der Waals surface area contributed by atoms with Gasteiger partial charge in [0, 0.05) is 11.5 Å². The Labute approximate surface area is 131 Å². The number of rotatable bonds is 4. The first-order valence-electron chi connectivity index (χ1n) is 6.99. The van der Waals surface area contributed by atoms with Crippen LogP contribution in [0, 0.1) is 0 Å². The molecule has 7 heteroatoms. The van der Waals surface area contributed by atoms with Crippen LogP contribution in [0.4, 0.5) is 5.82 Å². The van der Waals surface area contributed by atoms with Crippen molar-refractivity contribution < 1.29 is 8.42 Å². The number of nitrogens with zero attached hydrogens (tertiary/aromatic N) is 2. The molecule has 1 heterocycles. The third-order valence-corrected chi connectivity index (χ3v) is 4.69. The van der Waals surface area contributed by atoms with Crippen LogP contribution in [0.2, 0.25) is 0 Å². The third kappa shape index (κ3) is 3.66. The molecule has 0 fully saturated rings. The number of nitrogens with one attached hydrogen (secondary N) is 1. The highest BCUT2D eigenvalue weighted by atomic mass is 32.2. The Morgan fingerprint density at radius 2 is 1.82 bits per heavy atom. The number of nitrogen functional groups attached to an aromatic ring is 1. The molecule has 0 spiro atoms. The normalized spacial score (nSPS) is 12.5. The molecule has 0 atom stereocenters. The molecule has 0 radical (unpaired) electrons. The summed E-state index contributed by atoms with van der Waals surface area (Å²) in [5, 5.41) is 4.53. The molecule has 2 rings (SSSR count). The Hall–Kier alpha value is -1.86. The topological polar surface area (TPSA) is 90.0 Å². The number of sulfonamides is 1. The van der Waals surface area contributed by atoms with Crippen LogP contribution < -0.4 is 10.5 Å². The number of nitrogens with two attached hydrogens (primary N) is 1. The molecule has 1 aromatic heterocycles. The quantitative estimate of drug-likeness (QED) is 0.898. The van der Waals surface area contributed by atoms with Crippen molar-refractivity contribution in [3.63, 3.8) is 0 Å². The number of hydrogen-bond donors (Lipinski definition) is 2. The van der Waals surface area contributed by atoms with Gasteiger partial charge in [0.25, 0.3) is 0 Å². The highest BCUT2D eigenvalue weighted by molar-refractivity contribution is 7.88. The molecule has 0 aliphatic rings. The van der Waals surface area contributed by atoms with Gasteiger partial charge >= 0.3 is 0 Å². The lowest BCUT2D eigenvalue weighted by molar-refractivity contribution is 0.560. The zero-order valence-corrected chi connectivity index (χ0v) is 14.1. The lowest BCUT2D eigenvalue weighted by Crippen LogP contribution is -2.20. The Morgan fingerprint density at radius 3 is 2.27 bits per heavy atom. The highest BCUT2D eigenvalue weighted by Gasteiger charge is 2.19. The lowest BCUT2D eigenvalue weighted by atomic mass is 9.92. The molecule has 0 saturated carbocycles. The van der Waals surface area contributed by atoms with E-state index < -0.39 is 10.0 Å². The van der Waals surface area contributed by atoms with Crippen LogP contribution in [0.1, 0.15) is 32.0 Å². The average molecular weight is 322 g/mol. The van der Waals surface area contributed by atoms with Gasteiger partial charge in [0.1, 0.15) is 5.82 Å². The smallest absolute Gasteiger partial charge is 0.215 e. The molecule has 22 heavy (non-hydrogen) atoms. The minimum absolute atomic E-state index is 0.0500. The van der Waals surface area contributed by atoms with Crippen molar-refractivity contribution in [1.29, 1.82) is 0 Å². The van der Waals surface area contributed by atoms with E-state index in [1.54, 1.807) is 16.8 Å². The summed E-state index contributed by atoms with van der Waals surface area (Å²) >= 11 is 0. The van der Waals surface area contributed by atoms with Crippen molar-refractivity contribution >= 4 is 15.8 Å². The summed E-state index contributed by atoms with van der Waals surface area (Å²) in [7, 11) is -1.87. The fraction of sp³-hybridized carbons (Fsp3) is 0.400. The molecule has 0 aliphatic carbocycles. The monoisotopic (exact) mass is 322 g/mol. The Morgan fingerprint density at radius 1 is 1.23 bits per heavy atom. The second-order valence-corrected chi connectivity index (χ2v) is 8.17. The van der Waals surface area contributed by atoms with Crippen LogP contribution in [0.25, 0.3) is 5.69 Å². The molecule has 120 valence electrons. The van der Waals surface area contributed by atoms with Gasteiger partial charge in [-0.25, -0.2) is 17.8 Å². The number of hydrogen-bond acceptors (Lipinski definition) is 4. The van der Waals surface area contributed by atoms with Gasteiger partial charge in [-0.1, -0.05) is 32.9 Å². The molecular weight excluding hydrogens is 300 g/mol. The number of benzene rings is 1. The summed E-state index contributed by atoms with van der Waals surface area (Å²) < 4.78 is 27.0. The first kappa shape index (κ1) is 16.5. The fourth-order valence-corrected chi connectivity index (χ4v) is 2.77. The van der Waals surface area contributed by atoms with Crippen LogP contribution in [0.5, 0.6) is 0 Å². The summed E-state index contributed by atoms with van der Waals surface area (Å²) in [5.74, 6) is 0.506. The van der Waals surface area contributed by atoms with Gasteiger partial charge in [-0.3, -0.25) is 0 Å². The van der Waals surface area contributed by atoms with Crippen molar-refractivity contribution in [3.8, 4) is 5.69 Å². The van der Waals surface area contributed by atoms with Crippen molar-refractivity contribution in [1.82, 2.24) is 14.5 Å². The summed E-state index contributed by atoms with van der Waals surface area (Å²) in [6.07, 6.45) is 0. The van der Waals surface area contributed by atoms with E-state index >= 15 is 0 Å². The highest BCUT2D eigenvalue weighted by Crippen LogP contribution is 2.24. The summed E-state index contributed by atoms with van der Waals surface area (Å²) in [6, 6.07) is 9.02. The van der Waals surface area contributed by atoms with Crippen LogP contribution in [0.15, 0.2) is 30.3 Å². The van der Waals surface area contributed by atoms with Gasteiger partial charge in [-0.15, -0.1) is 0 Å². The van der Waals surface area contributed by atoms with Gasteiger partial charge < -0.3 is 5.73 Å². The van der Waals surface area contributed by atoms with Gasteiger partial charge in [0.2, 0.25) is 10.0 Å². The number of aromatic nitrogens is 2. The maximum absolute atomic E-state index is 11.5. The van der Waals surface area contributed by atoms with Crippen molar-refractivity contribution in [2.75, 3.05) is 12.8 Å². The van der Waals surface area contributed by atoms with E-state index in [0.29, 0.717) is 11.4 Å². The molecule has 2 aromatic rings. The van der Waals surface area contributed by atoms with Crippen LogP contribution in [-0.4, -0.2) is 25.2 Å². The average Bonchev–Trinajstić information content (AvgIpc) is 2.81. The SMILES string of the molecule is CNS(=O)(=O)Cc1ccc(-n2nc(C(C)(C)C)cc2N)cc1. The maximum Gasteiger partial charge on any atom is 0.215 e. The van der Waals surface area contributed by atoms with E-state index in [9.17, 15) is 8.42 Å². The summed E-state index contributed by atoms with van der Waals surface area (Å²) in [4.78, 5) is 0. The molecule has 6 nitrogen and oxygen atoms in total.